The lowest BCUT2D eigenvalue weighted by molar-refractivity contribution is 0.0695. The highest BCUT2D eigenvalue weighted by Gasteiger charge is 2.13. The van der Waals surface area contributed by atoms with Gasteiger partial charge in [0.1, 0.15) is 5.69 Å². The average molecular weight is 312 g/mol. The number of aromatic carboxylic acids is 1. The molecule has 0 aromatic carbocycles. The van der Waals surface area contributed by atoms with Crippen molar-refractivity contribution in [3.05, 3.63) is 48.2 Å². The van der Waals surface area contributed by atoms with Crippen LogP contribution in [0, 0.1) is 0 Å². The minimum absolute atomic E-state index is 0.164. The lowest BCUT2D eigenvalue weighted by Gasteiger charge is -2.03. The number of pyridine rings is 1. The van der Waals surface area contributed by atoms with E-state index in [0.717, 1.165) is 5.56 Å². The van der Waals surface area contributed by atoms with E-state index in [1.807, 2.05) is 24.7 Å². The van der Waals surface area contributed by atoms with Crippen LogP contribution in [0.15, 0.2) is 36.9 Å². The van der Waals surface area contributed by atoms with E-state index in [2.05, 4.69) is 20.4 Å². The fraction of sp³-hybridized carbons (Fsp3) is 0.267. The van der Waals surface area contributed by atoms with Crippen LogP contribution >= 0.6 is 0 Å². The Labute approximate surface area is 132 Å². The monoisotopic (exact) mass is 312 g/mol. The van der Waals surface area contributed by atoms with Crippen molar-refractivity contribution in [3.63, 3.8) is 0 Å². The van der Waals surface area contributed by atoms with Gasteiger partial charge in [-0.2, -0.15) is 5.10 Å². The first kappa shape index (κ1) is 14.9. The molecule has 0 spiro atoms. The van der Waals surface area contributed by atoms with Crippen molar-refractivity contribution in [1.29, 1.82) is 0 Å². The van der Waals surface area contributed by atoms with Gasteiger partial charge in [0.05, 0.1) is 30.2 Å². The van der Waals surface area contributed by atoms with Crippen LogP contribution in [0.2, 0.25) is 0 Å². The number of hydrogen-bond acceptors (Lipinski definition) is 5. The molecule has 0 atom stereocenters. The fourth-order valence-electron chi connectivity index (χ4n) is 2.17. The maximum absolute atomic E-state index is 11.2. The van der Waals surface area contributed by atoms with Gasteiger partial charge in [0.2, 0.25) is 0 Å². The van der Waals surface area contributed by atoms with E-state index in [1.54, 1.807) is 29.3 Å². The van der Waals surface area contributed by atoms with Crippen molar-refractivity contribution >= 4 is 5.97 Å². The predicted octanol–water partition coefficient (Wildman–Crippen LogP) is 1.86. The van der Waals surface area contributed by atoms with Crippen LogP contribution in [0.25, 0.3) is 11.3 Å². The summed E-state index contributed by atoms with van der Waals surface area (Å²) in [5.74, 6) is -1.01. The van der Waals surface area contributed by atoms with Crippen molar-refractivity contribution < 1.29 is 9.90 Å². The largest absolute Gasteiger partial charge is 0.478 e. The van der Waals surface area contributed by atoms with Crippen molar-refractivity contribution in [2.45, 2.75) is 26.4 Å². The summed E-state index contributed by atoms with van der Waals surface area (Å²) in [5.41, 5.74) is 2.15. The van der Waals surface area contributed by atoms with Crippen LogP contribution in [0.1, 0.15) is 35.9 Å². The van der Waals surface area contributed by atoms with Crippen molar-refractivity contribution in [2.75, 3.05) is 0 Å². The zero-order valence-electron chi connectivity index (χ0n) is 12.8. The summed E-state index contributed by atoms with van der Waals surface area (Å²) < 4.78 is 3.41. The molecule has 0 saturated carbocycles. The van der Waals surface area contributed by atoms with Crippen LogP contribution < -0.4 is 0 Å². The van der Waals surface area contributed by atoms with Crippen molar-refractivity contribution in [3.8, 4) is 11.3 Å². The molecule has 0 unspecified atom stereocenters. The van der Waals surface area contributed by atoms with Crippen LogP contribution in [0.3, 0.4) is 0 Å². The summed E-state index contributed by atoms with van der Waals surface area (Å²) >= 11 is 0. The molecule has 3 rings (SSSR count). The van der Waals surface area contributed by atoms with Gasteiger partial charge in [-0.05, 0) is 26.0 Å². The Morgan fingerprint density at radius 3 is 2.87 bits per heavy atom. The summed E-state index contributed by atoms with van der Waals surface area (Å²) in [6.07, 6.45) is 6.95. The van der Waals surface area contributed by atoms with E-state index in [9.17, 15) is 9.90 Å². The van der Waals surface area contributed by atoms with Gasteiger partial charge >= 0.3 is 5.97 Å². The van der Waals surface area contributed by atoms with Gasteiger partial charge in [0, 0.05) is 24.0 Å². The molecule has 0 fully saturated rings. The third-order valence-corrected chi connectivity index (χ3v) is 3.40. The number of nitrogens with zero attached hydrogens (tertiary/aromatic N) is 6. The smallest absolute Gasteiger partial charge is 0.337 e. The summed E-state index contributed by atoms with van der Waals surface area (Å²) in [5, 5.41) is 21.6. The van der Waals surface area contributed by atoms with Crippen molar-refractivity contribution in [1.82, 2.24) is 29.8 Å². The number of aromatic nitrogens is 6. The molecular formula is C15H16N6O2. The molecule has 1 N–H and O–H groups in total. The highest BCUT2D eigenvalue weighted by molar-refractivity contribution is 5.88. The average Bonchev–Trinajstić information content (AvgIpc) is 3.16. The first-order valence-corrected chi connectivity index (χ1v) is 7.16. The fourth-order valence-corrected chi connectivity index (χ4v) is 2.17. The quantitative estimate of drug-likeness (QED) is 0.772. The normalized spacial score (nSPS) is 11.1. The van der Waals surface area contributed by atoms with E-state index in [1.165, 1.54) is 6.07 Å². The van der Waals surface area contributed by atoms with E-state index in [0.29, 0.717) is 11.4 Å². The van der Waals surface area contributed by atoms with Gasteiger partial charge in [-0.25, -0.2) is 9.48 Å². The molecule has 23 heavy (non-hydrogen) atoms. The summed E-state index contributed by atoms with van der Waals surface area (Å²) in [6, 6.07) is 3.39. The zero-order chi connectivity index (χ0) is 16.4. The maximum atomic E-state index is 11.2. The molecule has 118 valence electrons. The second-order valence-electron chi connectivity index (χ2n) is 5.41. The number of hydrogen-bond donors (Lipinski definition) is 1. The van der Waals surface area contributed by atoms with E-state index in [-0.39, 0.29) is 18.2 Å². The topological polar surface area (TPSA) is 98.7 Å². The third kappa shape index (κ3) is 3.10. The molecule has 3 heterocycles. The lowest BCUT2D eigenvalue weighted by atomic mass is 10.2. The highest BCUT2D eigenvalue weighted by atomic mass is 16.4. The molecule has 0 aliphatic carbocycles. The van der Waals surface area contributed by atoms with Crippen LogP contribution in [0.5, 0.6) is 0 Å². The Hall–Kier alpha value is -3.03. The Balaban J connectivity index is 1.84. The molecule has 0 bridgehead atoms. The van der Waals surface area contributed by atoms with Crippen LogP contribution in [0.4, 0.5) is 0 Å². The Bertz CT molecular complexity index is 836. The maximum Gasteiger partial charge on any atom is 0.337 e. The second-order valence-corrected chi connectivity index (χ2v) is 5.41. The van der Waals surface area contributed by atoms with Gasteiger partial charge in [0.15, 0.2) is 0 Å². The van der Waals surface area contributed by atoms with Gasteiger partial charge < -0.3 is 5.11 Å². The number of carboxylic acid groups (broad SMARTS) is 1. The Kier molecular flexibility index (Phi) is 3.88. The molecule has 3 aromatic heterocycles. The molecule has 0 aliphatic heterocycles. The predicted molar refractivity (Wildman–Crippen MR) is 81.9 cm³/mol. The zero-order valence-corrected chi connectivity index (χ0v) is 12.8. The van der Waals surface area contributed by atoms with Gasteiger partial charge in [-0.15, -0.1) is 5.10 Å². The molecule has 0 aliphatic rings. The van der Waals surface area contributed by atoms with Gasteiger partial charge in [-0.1, -0.05) is 5.21 Å². The molecule has 3 aromatic rings. The first-order valence-electron chi connectivity index (χ1n) is 7.16. The first-order chi connectivity index (χ1) is 11.0. The lowest BCUT2D eigenvalue weighted by Crippen LogP contribution is -2.09. The Morgan fingerprint density at radius 1 is 1.35 bits per heavy atom. The van der Waals surface area contributed by atoms with E-state index < -0.39 is 5.97 Å². The van der Waals surface area contributed by atoms with Crippen LogP contribution in [-0.4, -0.2) is 40.8 Å². The molecule has 0 saturated heterocycles. The number of rotatable bonds is 5. The summed E-state index contributed by atoms with van der Waals surface area (Å²) in [4.78, 5) is 15.3. The van der Waals surface area contributed by atoms with Gasteiger partial charge in [0.25, 0.3) is 0 Å². The molecular weight excluding hydrogens is 296 g/mol. The third-order valence-electron chi connectivity index (χ3n) is 3.40. The summed E-state index contributed by atoms with van der Waals surface area (Å²) in [6.45, 7) is 4.33. The van der Waals surface area contributed by atoms with E-state index in [4.69, 9.17) is 0 Å². The molecule has 0 amide bonds. The number of carbonyl (C=O) groups is 1. The van der Waals surface area contributed by atoms with Gasteiger partial charge in [-0.3, -0.25) is 9.67 Å². The Morgan fingerprint density at radius 2 is 2.17 bits per heavy atom. The molecule has 8 heteroatoms. The molecule has 8 nitrogen and oxygen atoms in total. The van der Waals surface area contributed by atoms with Crippen LogP contribution in [-0.2, 0) is 6.54 Å². The van der Waals surface area contributed by atoms with E-state index >= 15 is 0 Å². The molecule has 0 radical (unpaired) electrons. The number of carboxylic acids is 1. The minimum Gasteiger partial charge on any atom is -0.478 e. The summed E-state index contributed by atoms with van der Waals surface area (Å²) in [7, 11) is 0. The highest BCUT2D eigenvalue weighted by Crippen LogP contribution is 2.17. The standard InChI is InChI=1S/C15H16N6O2/c1-10(2)21-7-11(6-17-21)13-8-20(19-18-13)9-14-12(15(22)23)4-3-5-16-14/h3-8,10H,9H2,1-2H3,(H,22,23). The SMILES string of the molecule is CC(C)n1cc(-c2cn(Cc3ncccc3C(=O)O)nn2)cn1. The second kappa shape index (κ2) is 5.99. The van der Waals surface area contributed by atoms with Crippen molar-refractivity contribution in [2.24, 2.45) is 0 Å². The minimum atomic E-state index is -1.01.